The molecule has 2 N–H and O–H groups in total. The van der Waals surface area contributed by atoms with Gasteiger partial charge in [0.05, 0.1) is 23.6 Å². The number of amides is 1. The number of cyclic esters (lactones) is 1. The summed E-state index contributed by atoms with van der Waals surface area (Å²) in [5.74, 6) is -0.489. The summed E-state index contributed by atoms with van der Waals surface area (Å²) in [5.41, 5.74) is 4.28. The lowest BCUT2D eigenvalue weighted by Crippen LogP contribution is -2.51. The number of esters is 1. The molecule has 2 aromatic heterocycles. The van der Waals surface area contributed by atoms with Gasteiger partial charge in [-0.3, -0.25) is 9.69 Å². The van der Waals surface area contributed by atoms with Crippen LogP contribution in [0.1, 0.15) is 69.3 Å². The minimum absolute atomic E-state index is 0.0641. The average Bonchev–Trinajstić information content (AvgIpc) is 3.59. The zero-order chi connectivity index (χ0) is 24.8. The summed E-state index contributed by atoms with van der Waals surface area (Å²) < 4.78 is 6.63. The van der Waals surface area contributed by atoms with Crippen molar-refractivity contribution in [3.8, 4) is 5.69 Å². The Morgan fingerprint density at radius 3 is 2.72 bits per heavy atom. The Hall–Kier alpha value is -3.70. The molecule has 0 aliphatic carbocycles. The van der Waals surface area contributed by atoms with Gasteiger partial charge in [-0.2, -0.15) is 4.68 Å². The van der Waals surface area contributed by atoms with Crippen molar-refractivity contribution in [3.05, 3.63) is 64.7 Å². The van der Waals surface area contributed by atoms with Gasteiger partial charge >= 0.3 is 5.97 Å². The van der Waals surface area contributed by atoms with Crippen LogP contribution in [0.5, 0.6) is 0 Å². The number of benzene rings is 1. The van der Waals surface area contributed by atoms with E-state index in [9.17, 15) is 14.7 Å². The van der Waals surface area contributed by atoms with Gasteiger partial charge in [-0.25, -0.2) is 9.78 Å². The van der Waals surface area contributed by atoms with E-state index in [2.05, 4.69) is 30.7 Å². The zero-order valence-electron chi connectivity index (χ0n) is 19.9. The number of pyridine rings is 1. The number of hydrogen-bond donors (Lipinski definition) is 2. The molecule has 3 aromatic rings. The summed E-state index contributed by atoms with van der Waals surface area (Å²) in [6, 6.07) is 7.71. The minimum Gasteiger partial charge on any atom is -0.457 e. The van der Waals surface area contributed by atoms with Gasteiger partial charge in [0.25, 0.3) is 5.91 Å². The first-order chi connectivity index (χ1) is 17.5. The van der Waals surface area contributed by atoms with Crippen molar-refractivity contribution in [1.29, 1.82) is 0 Å². The first kappa shape index (κ1) is 22.7. The van der Waals surface area contributed by atoms with Crippen molar-refractivity contribution >= 4 is 11.9 Å². The smallest absolute Gasteiger partial charge is 0.338 e. The first-order valence-electron chi connectivity index (χ1n) is 12.2. The van der Waals surface area contributed by atoms with E-state index in [-0.39, 0.29) is 24.5 Å². The maximum atomic E-state index is 12.8. The van der Waals surface area contributed by atoms with Crippen LogP contribution in [0.25, 0.3) is 5.69 Å². The van der Waals surface area contributed by atoms with E-state index in [4.69, 9.17) is 4.74 Å². The number of piperidine rings is 1. The molecule has 0 saturated carbocycles. The lowest BCUT2D eigenvalue weighted by atomic mass is 9.93. The van der Waals surface area contributed by atoms with E-state index >= 15 is 0 Å². The van der Waals surface area contributed by atoms with Crippen LogP contribution in [0.3, 0.4) is 0 Å². The Labute approximate surface area is 207 Å². The monoisotopic (exact) mass is 489 g/mol. The van der Waals surface area contributed by atoms with Gasteiger partial charge in [0.15, 0.2) is 0 Å². The van der Waals surface area contributed by atoms with Crippen LogP contribution < -0.4 is 5.32 Å². The lowest BCUT2D eigenvalue weighted by molar-refractivity contribution is 0.0495. The number of carbonyl (C=O) groups excluding carboxylic acids is 2. The van der Waals surface area contributed by atoms with E-state index in [1.807, 2.05) is 13.0 Å². The molecule has 2 bridgehead atoms. The molecule has 1 amide bonds. The van der Waals surface area contributed by atoms with Gasteiger partial charge < -0.3 is 15.2 Å². The normalized spacial score (nSPS) is 23.8. The molecule has 1 aromatic carbocycles. The number of nitrogens with zero attached hydrogens (tertiary/aromatic N) is 6. The second-order valence-corrected chi connectivity index (χ2v) is 9.78. The fraction of sp³-hybridized carbons (Fsp3) is 0.440. The molecule has 3 atom stereocenters. The molecule has 2 saturated heterocycles. The SMILES string of the molecule is Cc1c(C(O)CN2C3CCC2CC(NC(=O)c2ccc(-n4cnnn4)cn2)C3)ccc2c1COC2=O. The highest BCUT2D eigenvalue weighted by molar-refractivity contribution is 5.94. The fourth-order valence-electron chi connectivity index (χ4n) is 5.91. The Morgan fingerprint density at radius 2 is 2.03 bits per heavy atom. The quantitative estimate of drug-likeness (QED) is 0.494. The van der Waals surface area contributed by atoms with Crippen LogP contribution in [0.2, 0.25) is 0 Å². The number of ether oxygens (including phenoxy) is 1. The molecule has 2 fully saturated rings. The van der Waals surface area contributed by atoms with Gasteiger partial charge in [0.2, 0.25) is 0 Å². The van der Waals surface area contributed by atoms with Crippen molar-refractivity contribution < 1.29 is 19.4 Å². The molecule has 11 nitrogen and oxygen atoms in total. The molecule has 3 aliphatic rings. The second-order valence-electron chi connectivity index (χ2n) is 9.78. The third-order valence-corrected chi connectivity index (χ3v) is 7.76. The van der Waals surface area contributed by atoms with E-state index in [0.717, 1.165) is 42.4 Å². The second kappa shape index (κ2) is 9.07. The topological polar surface area (TPSA) is 135 Å². The van der Waals surface area contributed by atoms with Crippen molar-refractivity contribution in [2.24, 2.45) is 0 Å². The van der Waals surface area contributed by atoms with E-state index in [1.165, 1.54) is 11.0 Å². The Balaban J connectivity index is 1.08. The molecule has 5 heterocycles. The van der Waals surface area contributed by atoms with E-state index < -0.39 is 6.10 Å². The third-order valence-electron chi connectivity index (χ3n) is 7.76. The van der Waals surface area contributed by atoms with Crippen molar-refractivity contribution in [3.63, 3.8) is 0 Å². The fourth-order valence-corrected chi connectivity index (χ4v) is 5.91. The molecule has 36 heavy (non-hydrogen) atoms. The average molecular weight is 490 g/mol. The van der Waals surface area contributed by atoms with Gasteiger partial charge in [-0.05, 0) is 72.4 Å². The van der Waals surface area contributed by atoms with E-state index in [1.54, 1.807) is 24.4 Å². The first-order valence-corrected chi connectivity index (χ1v) is 12.2. The standard InChI is InChI=1S/C25H27N7O4/c1-14-19(5-6-20-21(14)12-36-25(20)35)23(33)11-31-16-2-3-17(31)9-15(8-16)28-24(34)22-7-4-18(10-26-22)32-13-27-29-30-32/h4-7,10,13,15-17,23,33H,2-3,8-9,11-12H2,1H3,(H,28,34). The van der Waals surface area contributed by atoms with Gasteiger partial charge in [-0.15, -0.1) is 5.10 Å². The van der Waals surface area contributed by atoms with Gasteiger partial charge in [-0.1, -0.05) is 6.07 Å². The number of aliphatic hydroxyl groups excluding tert-OH is 1. The summed E-state index contributed by atoms with van der Waals surface area (Å²) in [5, 5.41) is 25.3. The number of nitrogens with one attached hydrogen (secondary N) is 1. The zero-order valence-corrected chi connectivity index (χ0v) is 19.9. The molecule has 3 aliphatic heterocycles. The highest BCUT2D eigenvalue weighted by Crippen LogP contribution is 2.38. The van der Waals surface area contributed by atoms with Gasteiger partial charge in [0, 0.05) is 30.2 Å². The number of carbonyl (C=O) groups is 2. The third kappa shape index (κ3) is 4.03. The number of hydrogen-bond acceptors (Lipinski definition) is 9. The molecule has 11 heteroatoms. The Kier molecular flexibility index (Phi) is 5.73. The highest BCUT2D eigenvalue weighted by Gasteiger charge is 2.42. The van der Waals surface area contributed by atoms with E-state index in [0.29, 0.717) is 35.6 Å². The predicted octanol–water partition coefficient (Wildman–Crippen LogP) is 1.49. The summed E-state index contributed by atoms with van der Waals surface area (Å²) in [6.07, 6.45) is 6.16. The predicted molar refractivity (Wildman–Crippen MR) is 126 cm³/mol. The molecular formula is C25H27N7O4. The van der Waals surface area contributed by atoms with Crippen molar-refractivity contribution in [2.75, 3.05) is 6.54 Å². The Bertz CT molecular complexity index is 1280. The lowest BCUT2D eigenvalue weighted by Gasteiger charge is -2.40. The number of tetrazole rings is 1. The molecule has 186 valence electrons. The molecule has 0 spiro atoms. The van der Waals surface area contributed by atoms with Crippen molar-refractivity contribution in [1.82, 2.24) is 35.4 Å². The summed E-state index contributed by atoms with van der Waals surface area (Å²) in [4.78, 5) is 31.3. The summed E-state index contributed by atoms with van der Waals surface area (Å²) in [6.45, 7) is 2.75. The Morgan fingerprint density at radius 1 is 1.22 bits per heavy atom. The maximum absolute atomic E-state index is 12.8. The van der Waals surface area contributed by atoms with Crippen LogP contribution in [0.15, 0.2) is 36.8 Å². The number of aromatic nitrogens is 5. The van der Waals surface area contributed by atoms with Crippen LogP contribution >= 0.6 is 0 Å². The van der Waals surface area contributed by atoms with Crippen molar-refractivity contribution in [2.45, 2.75) is 63.4 Å². The summed E-state index contributed by atoms with van der Waals surface area (Å²) >= 11 is 0. The van der Waals surface area contributed by atoms with Crippen LogP contribution in [-0.4, -0.2) is 71.7 Å². The van der Waals surface area contributed by atoms with Crippen LogP contribution in [0.4, 0.5) is 0 Å². The largest absolute Gasteiger partial charge is 0.457 e. The van der Waals surface area contributed by atoms with Crippen LogP contribution in [0, 0.1) is 6.92 Å². The highest BCUT2D eigenvalue weighted by atomic mass is 16.5. The minimum atomic E-state index is -0.650. The molecule has 3 unspecified atom stereocenters. The number of aliphatic hydroxyl groups is 1. The summed E-state index contributed by atoms with van der Waals surface area (Å²) in [7, 11) is 0. The number of rotatable bonds is 6. The molecular weight excluding hydrogens is 462 g/mol. The maximum Gasteiger partial charge on any atom is 0.338 e. The number of fused-ring (bicyclic) bond motifs is 3. The van der Waals surface area contributed by atoms with Gasteiger partial charge in [0.1, 0.15) is 18.6 Å². The molecule has 0 radical (unpaired) electrons. The van der Waals surface area contributed by atoms with Crippen LogP contribution in [-0.2, 0) is 11.3 Å². The molecule has 6 rings (SSSR count).